The van der Waals surface area contributed by atoms with Crippen molar-refractivity contribution in [1.29, 1.82) is 0 Å². The molecule has 0 bridgehead atoms. The molecule has 2 atom stereocenters. The van der Waals surface area contributed by atoms with E-state index in [0.717, 1.165) is 6.42 Å². The number of esters is 1. The van der Waals surface area contributed by atoms with Crippen molar-refractivity contribution in [2.45, 2.75) is 46.6 Å². The fourth-order valence-corrected chi connectivity index (χ4v) is 1.45. The van der Waals surface area contributed by atoms with E-state index >= 15 is 0 Å². The molecule has 0 fully saturated rings. The highest BCUT2D eigenvalue weighted by molar-refractivity contribution is 5.73. The van der Waals surface area contributed by atoms with Gasteiger partial charge in [0.1, 0.15) is 0 Å². The van der Waals surface area contributed by atoms with Gasteiger partial charge >= 0.3 is 5.97 Å². The first-order valence-corrected chi connectivity index (χ1v) is 5.39. The fourth-order valence-electron chi connectivity index (χ4n) is 1.45. The largest absolute Gasteiger partial charge is 0.466 e. The molecule has 0 spiro atoms. The van der Waals surface area contributed by atoms with Crippen LogP contribution in [0, 0.1) is 11.8 Å². The monoisotopic (exact) mass is 202 g/mol. The number of carbonyl (C=O) groups excluding carboxylic acids is 1. The number of rotatable bonds is 6. The number of hydrogen-bond acceptors (Lipinski definition) is 3. The standard InChI is InChI=1S/C11H22O3/c1-5-7-9(10(12)8(3)4)11(13)14-6-2/h8-10,12H,5-7H2,1-4H3. The van der Waals surface area contributed by atoms with Gasteiger partial charge in [0.05, 0.1) is 18.6 Å². The summed E-state index contributed by atoms with van der Waals surface area (Å²) in [6.07, 6.45) is 0.986. The molecule has 0 aliphatic carbocycles. The maximum absolute atomic E-state index is 11.5. The molecule has 0 saturated heterocycles. The van der Waals surface area contributed by atoms with E-state index in [1.165, 1.54) is 0 Å². The Morgan fingerprint density at radius 1 is 1.36 bits per heavy atom. The van der Waals surface area contributed by atoms with Crippen LogP contribution in [0.15, 0.2) is 0 Å². The zero-order chi connectivity index (χ0) is 11.1. The van der Waals surface area contributed by atoms with Gasteiger partial charge < -0.3 is 9.84 Å². The van der Waals surface area contributed by atoms with Gasteiger partial charge in [0.2, 0.25) is 0 Å². The molecule has 84 valence electrons. The average Bonchev–Trinajstić information content (AvgIpc) is 2.13. The summed E-state index contributed by atoms with van der Waals surface area (Å²) in [6, 6.07) is 0. The molecule has 0 heterocycles. The van der Waals surface area contributed by atoms with E-state index in [1.54, 1.807) is 6.92 Å². The van der Waals surface area contributed by atoms with Crippen LogP contribution in [0.3, 0.4) is 0 Å². The highest BCUT2D eigenvalue weighted by Gasteiger charge is 2.29. The molecule has 0 aromatic heterocycles. The van der Waals surface area contributed by atoms with E-state index in [2.05, 4.69) is 0 Å². The summed E-state index contributed by atoms with van der Waals surface area (Å²) in [7, 11) is 0. The smallest absolute Gasteiger partial charge is 0.311 e. The highest BCUT2D eigenvalue weighted by atomic mass is 16.5. The van der Waals surface area contributed by atoms with Gasteiger partial charge in [0.25, 0.3) is 0 Å². The van der Waals surface area contributed by atoms with Gasteiger partial charge in [0.15, 0.2) is 0 Å². The van der Waals surface area contributed by atoms with Crippen LogP contribution < -0.4 is 0 Å². The predicted octanol–water partition coefficient (Wildman–Crippen LogP) is 1.98. The van der Waals surface area contributed by atoms with E-state index in [0.29, 0.717) is 13.0 Å². The number of carbonyl (C=O) groups is 1. The number of hydrogen-bond donors (Lipinski definition) is 1. The number of aliphatic hydroxyl groups is 1. The molecule has 3 heteroatoms. The first kappa shape index (κ1) is 13.4. The maximum atomic E-state index is 11.5. The Morgan fingerprint density at radius 3 is 2.29 bits per heavy atom. The van der Waals surface area contributed by atoms with Crippen LogP contribution in [0.2, 0.25) is 0 Å². The third kappa shape index (κ3) is 4.09. The molecule has 0 aromatic rings. The van der Waals surface area contributed by atoms with Gasteiger partial charge in [0, 0.05) is 0 Å². The summed E-state index contributed by atoms with van der Waals surface area (Å²) < 4.78 is 4.93. The van der Waals surface area contributed by atoms with Crippen LogP contribution in [0.1, 0.15) is 40.5 Å². The summed E-state index contributed by atoms with van der Waals surface area (Å²) in [6.45, 7) is 7.98. The van der Waals surface area contributed by atoms with Crippen LogP contribution in [0.5, 0.6) is 0 Å². The molecule has 0 amide bonds. The molecular formula is C11H22O3. The zero-order valence-corrected chi connectivity index (χ0v) is 9.62. The van der Waals surface area contributed by atoms with Gasteiger partial charge in [-0.05, 0) is 19.3 Å². The Balaban J connectivity index is 4.33. The van der Waals surface area contributed by atoms with Crippen molar-refractivity contribution >= 4 is 5.97 Å². The molecule has 0 saturated carbocycles. The van der Waals surface area contributed by atoms with Crippen molar-refractivity contribution in [3.05, 3.63) is 0 Å². The van der Waals surface area contributed by atoms with Crippen molar-refractivity contribution < 1.29 is 14.6 Å². The summed E-state index contributed by atoms with van der Waals surface area (Å²) in [5, 5.41) is 9.81. The van der Waals surface area contributed by atoms with Crippen molar-refractivity contribution in [3.8, 4) is 0 Å². The Bertz CT molecular complexity index is 166. The summed E-state index contributed by atoms with van der Waals surface area (Å²) in [4.78, 5) is 11.5. The lowest BCUT2D eigenvalue weighted by Crippen LogP contribution is -2.33. The number of ether oxygens (including phenoxy) is 1. The van der Waals surface area contributed by atoms with Crippen LogP contribution in [0.4, 0.5) is 0 Å². The predicted molar refractivity (Wildman–Crippen MR) is 55.9 cm³/mol. The SMILES string of the molecule is CCCC(C(=O)OCC)C(O)C(C)C. The minimum absolute atomic E-state index is 0.0935. The van der Waals surface area contributed by atoms with Crippen molar-refractivity contribution in [1.82, 2.24) is 0 Å². The molecule has 3 nitrogen and oxygen atoms in total. The van der Waals surface area contributed by atoms with Gasteiger partial charge in [-0.1, -0.05) is 27.2 Å². The van der Waals surface area contributed by atoms with Crippen molar-refractivity contribution in [3.63, 3.8) is 0 Å². The van der Waals surface area contributed by atoms with E-state index in [-0.39, 0.29) is 17.8 Å². The van der Waals surface area contributed by atoms with Crippen LogP contribution in [-0.2, 0) is 9.53 Å². The summed E-state index contributed by atoms with van der Waals surface area (Å²) in [5.41, 5.74) is 0. The van der Waals surface area contributed by atoms with E-state index in [1.807, 2.05) is 20.8 Å². The number of aliphatic hydroxyl groups excluding tert-OH is 1. The summed E-state index contributed by atoms with van der Waals surface area (Å²) >= 11 is 0. The van der Waals surface area contributed by atoms with Crippen LogP contribution in [0.25, 0.3) is 0 Å². The quantitative estimate of drug-likeness (QED) is 0.670. The van der Waals surface area contributed by atoms with Crippen LogP contribution in [-0.4, -0.2) is 23.8 Å². The first-order valence-electron chi connectivity index (χ1n) is 5.39. The first-order chi connectivity index (χ1) is 6.54. The average molecular weight is 202 g/mol. The van der Waals surface area contributed by atoms with Gasteiger partial charge in [-0.25, -0.2) is 0 Å². The third-order valence-corrected chi connectivity index (χ3v) is 2.28. The Kier molecular flexibility index (Phi) is 6.54. The van der Waals surface area contributed by atoms with E-state index < -0.39 is 6.10 Å². The lowest BCUT2D eigenvalue weighted by Gasteiger charge is -2.23. The maximum Gasteiger partial charge on any atom is 0.311 e. The van der Waals surface area contributed by atoms with Crippen molar-refractivity contribution in [2.75, 3.05) is 6.61 Å². The third-order valence-electron chi connectivity index (χ3n) is 2.28. The molecule has 0 aliphatic heterocycles. The van der Waals surface area contributed by atoms with Gasteiger partial charge in [-0.3, -0.25) is 4.79 Å². The molecule has 1 N–H and O–H groups in total. The minimum Gasteiger partial charge on any atom is -0.466 e. The normalized spacial score (nSPS) is 15.3. The second-order valence-electron chi connectivity index (χ2n) is 3.88. The molecule has 0 aliphatic rings. The lowest BCUT2D eigenvalue weighted by molar-refractivity contribution is -0.153. The second kappa shape index (κ2) is 6.82. The molecule has 0 radical (unpaired) electrons. The Labute approximate surface area is 86.5 Å². The highest BCUT2D eigenvalue weighted by Crippen LogP contribution is 2.19. The van der Waals surface area contributed by atoms with Crippen molar-refractivity contribution in [2.24, 2.45) is 11.8 Å². The van der Waals surface area contributed by atoms with E-state index in [9.17, 15) is 9.90 Å². The second-order valence-corrected chi connectivity index (χ2v) is 3.88. The topological polar surface area (TPSA) is 46.5 Å². The summed E-state index contributed by atoms with van der Waals surface area (Å²) in [5.74, 6) is -0.536. The Hall–Kier alpha value is -0.570. The van der Waals surface area contributed by atoms with Gasteiger partial charge in [-0.15, -0.1) is 0 Å². The molecule has 2 unspecified atom stereocenters. The molecule has 0 aromatic carbocycles. The lowest BCUT2D eigenvalue weighted by atomic mass is 9.90. The minimum atomic E-state index is -0.589. The fraction of sp³-hybridized carbons (Fsp3) is 0.909. The molecular weight excluding hydrogens is 180 g/mol. The molecule has 14 heavy (non-hydrogen) atoms. The van der Waals surface area contributed by atoms with E-state index in [4.69, 9.17) is 4.74 Å². The van der Waals surface area contributed by atoms with Crippen LogP contribution >= 0.6 is 0 Å². The Morgan fingerprint density at radius 2 is 1.93 bits per heavy atom. The van der Waals surface area contributed by atoms with Gasteiger partial charge in [-0.2, -0.15) is 0 Å². The zero-order valence-electron chi connectivity index (χ0n) is 9.62. The molecule has 0 rings (SSSR count).